The number of carbonyl (C=O) groups excluding carboxylic acids is 1. The van der Waals surface area contributed by atoms with Crippen LogP contribution < -0.4 is 10.9 Å². The molecule has 0 aliphatic carbocycles. The molecule has 7 heteroatoms. The number of hydrogen-bond acceptors (Lipinski definition) is 5. The van der Waals surface area contributed by atoms with Crippen molar-refractivity contribution in [1.82, 2.24) is 15.2 Å². The van der Waals surface area contributed by atoms with Crippen molar-refractivity contribution in [3.63, 3.8) is 0 Å². The molecule has 6 nitrogen and oxygen atoms in total. The first-order valence-electron chi connectivity index (χ1n) is 7.23. The number of rotatable bonds is 3. The number of pyridine rings is 1. The Kier molecular flexibility index (Phi) is 3.96. The van der Waals surface area contributed by atoms with Crippen LogP contribution in [0.2, 0.25) is 0 Å². The van der Waals surface area contributed by atoms with Gasteiger partial charge in [0.15, 0.2) is 0 Å². The maximum Gasteiger partial charge on any atom is 0.263 e. The third kappa shape index (κ3) is 2.87. The van der Waals surface area contributed by atoms with E-state index >= 15 is 0 Å². The minimum absolute atomic E-state index is 0.102. The van der Waals surface area contributed by atoms with E-state index in [0.717, 1.165) is 10.4 Å². The maximum atomic E-state index is 12.5. The predicted octanol–water partition coefficient (Wildman–Crippen LogP) is 3.06. The Bertz CT molecular complexity index is 943. The summed E-state index contributed by atoms with van der Waals surface area (Å²) in [4.78, 5) is 27.5. The molecule has 0 atom stereocenters. The van der Waals surface area contributed by atoms with E-state index in [1.165, 1.54) is 11.3 Å². The molecule has 3 aromatic rings. The summed E-state index contributed by atoms with van der Waals surface area (Å²) >= 11 is 1.31. The molecule has 118 valence electrons. The number of amides is 1. The van der Waals surface area contributed by atoms with Crippen LogP contribution in [0.1, 0.15) is 40.7 Å². The molecule has 0 saturated carbocycles. The van der Waals surface area contributed by atoms with Crippen molar-refractivity contribution >= 4 is 33.3 Å². The number of aromatic amines is 1. The highest BCUT2D eigenvalue weighted by atomic mass is 32.1. The van der Waals surface area contributed by atoms with E-state index in [0.29, 0.717) is 16.2 Å². The number of carbonyl (C=O) groups is 1. The number of para-hydroxylation sites is 1. The molecule has 3 rings (SSSR count). The van der Waals surface area contributed by atoms with Crippen LogP contribution >= 0.6 is 11.3 Å². The van der Waals surface area contributed by atoms with E-state index in [9.17, 15) is 9.59 Å². The Morgan fingerprint density at radius 3 is 2.70 bits per heavy atom. The second-order valence-corrected chi connectivity index (χ2v) is 6.56. The van der Waals surface area contributed by atoms with Gasteiger partial charge in [0.05, 0.1) is 0 Å². The first-order valence-corrected chi connectivity index (χ1v) is 8.05. The summed E-state index contributed by atoms with van der Waals surface area (Å²) in [5, 5.41) is 12.7. The molecule has 0 aliphatic heterocycles. The van der Waals surface area contributed by atoms with Gasteiger partial charge in [-0.15, -0.1) is 10.2 Å². The minimum Gasteiger partial charge on any atom is -0.321 e. The average Bonchev–Trinajstić information content (AvgIpc) is 2.96. The first-order chi connectivity index (χ1) is 11.0. The van der Waals surface area contributed by atoms with Crippen LogP contribution in [0.15, 0.2) is 29.1 Å². The van der Waals surface area contributed by atoms with Crippen molar-refractivity contribution in [3.8, 4) is 0 Å². The zero-order valence-electron chi connectivity index (χ0n) is 13.0. The molecule has 0 aliphatic rings. The zero-order chi connectivity index (χ0) is 16.6. The molecule has 2 N–H and O–H groups in total. The number of nitrogens with zero attached hydrogens (tertiary/aromatic N) is 2. The van der Waals surface area contributed by atoms with Gasteiger partial charge < -0.3 is 4.98 Å². The molecule has 2 aromatic heterocycles. The van der Waals surface area contributed by atoms with Crippen molar-refractivity contribution in [3.05, 3.63) is 50.8 Å². The highest BCUT2D eigenvalue weighted by molar-refractivity contribution is 7.15. The van der Waals surface area contributed by atoms with E-state index in [-0.39, 0.29) is 11.5 Å². The van der Waals surface area contributed by atoms with E-state index < -0.39 is 11.5 Å². The lowest BCUT2D eigenvalue weighted by atomic mass is 10.0. The summed E-state index contributed by atoms with van der Waals surface area (Å²) in [6.07, 6.45) is 0. The van der Waals surface area contributed by atoms with E-state index in [1.807, 2.05) is 38.1 Å². The van der Waals surface area contributed by atoms with Gasteiger partial charge in [0.25, 0.3) is 11.5 Å². The number of H-pyrrole nitrogens is 1. The smallest absolute Gasteiger partial charge is 0.263 e. The highest BCUT2D eigenvalue weighted by Gasteiger charge is 2.18. The fourth-order valence-electron chi connectivity index (χ4n) is 2.36. The normalized spacial score (nSPS) is 11.1. The molecule has 1 aromatic carbocycles. The number of nitrogens with one attached hydrogen (secondary N) is 2. The lowest BCUT2D eigenvalue weighted by Gasteiger charge is -2.07. The SMILES string of the molecule is Cc1c(C(=O)Nc2nnc(C(C)C)s2)c(=O)[nH]c2ccccc12. The number of benzene rings is 1. The van der Waals surface area contributed by atoms with Gasteiger partial charge in [-0.05, 0) is 18.6 Å². The van der Waals surface area contributed by atoms with Crippen molar-refractivity contribution in [2.24, 2.45) is 0 Å². The number of anilines is 1. The average molecular weight is 328 g/mol. The molecular weight excluding hydrogens is 312 g/mol. The van der Waals surface area contributed by atoms with Gasteiger partial charge in [0.2, 0.25) is 5.13 Å². The van der Waals surface area contributed by atoms with Crippen LogP contribution in [-0.4, -0.2) is 21.1 Å². The van der Waals surface area contributed by atoms with Crippen LogP contribution in [-0.2, 0) is 0 Å². The first kappa shape index (κ1) is 15.4. The lowest BCUT2D eigenvalue weighted by Crippen LogP contribution is -2.25. The standard InChI is InChI=1S/C16H16N4O2S/c1-8(2)15-19-20-16(23-15)18-14(22)12-9(3)10-6-4-5-7-11(10)17-13(12)21/h4-8H,1-3H3,(H,17,21)(H,18,20,22). The van der Waals surface area contributed by atoms with Crippen molar-refractivity contribution in [2.75, 3.05) is 5.32 Å². The molecular formula is C16H16N4O2S. The number of aryl methyl sites for hydroxylation is 1. The quantitative estimate of drug-likeness (QED) is 0.773. The van der Waals surface area contributed by atoms with Crippen LogP contribution in [0.5, 0.6) is 0 Å². The number of hydrogen-bond donors (Lipinski definition) is 2. The monoisotopic (exact) mass is 328 g/mol. The van der Waals surface area contributed by atoms with Gasteiger partial charge in [-0.25, -0.2) is 0 Å². The highest BCUT2D eigenvalue weighted by Crippen LogP contribution is 2.23. The Hall–Kier alpha value is -2.54. The lowest BCUT2D eigenvalue weighted by molar-refractivity contribution is 0.102. The molecule has 0 unspecified atom stereocenters. The van der Waals surface area contributed by atoms with Gasteiger partial charge in [0, 0.05) is 16.8 Å². The third-order valence-electron chi connectivity index (χ3n) is 3.56. The topological polar surface area (TPSA) is 87.7 Å². The van der Waals surface area contributed by atoms with Crippen LogP contribution in [0.3, 0.4) is 0 Å². The molecule has 0 bridgehead atoms. The van der Waals surface area contributed by atoms with E-state index in [2.05, 4.69) is 20.5 Å². The van der Waals surface area contributed by atoms with Gasteiger partial charge in [0.1, 0.15) is 10.6 Å². The maximum absolute atomic E-state index is 12.5. The van der Waals surface area contributed by atoms with Gasteiger partial charge in [-0.1, -0.05) is 43.4 Å². The Balaban J connectivity index is 1.98. The summed E-state index contributed by atoms with van der Waals surface area (Å²) in [6, 6.07) is 7.39. The number of aromatic nitrogens is 3. The van der Waals surface area contributed by atoms with Gasteiger partial charge in [-0.2, -0.15) is 0 Å². The van der Waals surface area contributed by atoms with Gasteiger partial charge in [-0.3, -0.25) is 14.9 Å². The molecule has 23 heavy (non-hydrogen) atoms. The van der Waals surface area contributed by atoms with Crippen LogP contribution in [0, 0.1) is 6.92 Å². The molecule has 0 radical (unpaired) electrons. The fourth-order valence-corrected chi connectivity index (χ4v) is 3.10. The third-order valence-corrected chi connectivity index (χ3v) is 4.70. The predicted molar refractivity (Wildman–Crippen MR) is 91.3 cm³/mol. The summed E-state index contributed by atoms with van der Waals surface area (Å²) < 4.78 is 0. The van der Waals surface area contributed by atoms with E-state index in [4.69, 9.17) is 0 Å². The second kappa shape index (κ2) is 5.92. The molecule has 0 fully saturated rings. The summed E-state index contributed by atoms with van der Waals surface area (Å²) in [6.45, 7) is 5.78. The minimum atomic E-state index is -0.471. The molecule has 1 amide bonds. The largest absolute Gasteiger partial charge is 0.321 e. The Morgan fingerprint density at radius 1 is 1.26 bits per heavy atom. The summed E-state index contributed by atoms with van der Waals surface area (Å²) in [5.41, 5.74) is 1.05. The van der Waals surface area contributed by atoms with Crippen LogP contribution in [0.25, 0.3) is 10.9 Å². The Labute approximate surface area is 136 Å². The summed E-state index contributed by atoms with van der Waals surface area (Å²) in [5.74, 6) is -0.232. The molecule has 0 saturated heterocycles. The van der Waals surface area contributed by atoms with Crippen molar-refractivity contribution < 1.29 is 4.79 Å². The molecule has 0 spiro atoms. The van der Waals surface area contributed by atoms with Crippen molar-refractivity contribution in [2.45, 2.75) is 26.7 Å². The van der Waals surface area contributed by atoms with Crippen molar-refractivity contribution in [1.29, 1.82) is 0 Å². The second-order valence-electron chi connectivity index (χ2n) is 5.55. The zero-order valence-corrected chi connectivity index (χ0v) is 13.8. The fraction of sp³-hybridized carbons (Fsp3) is 0.250. The van der Waals surface area contributed by atoms with Crippen LogP contribution in [0.4, 0.5) is 5.13 Å². The van der Waals surface area contributed by atoms with E-state index in [1.54, 1.807) is 6.92 Å². The summed E-state index contributed by atoms with van der Waals surface area (Å²) in [7, 11) is 0. The number of fused-ring (bicyclic) bond motifs is 1. The van der Waals surface area contributed by atoms with Gasteiger partial charge >= 0.3 is 0 Å². The molecule has 2 heterocycles. The Morgan fingerprint density at radius 2 is 2.00 bits per heavy atom.